The molecule has 2 unspecified atom stereocenters. The minimum absolute atomic E-state index is 0.128. The van der Waals surface area contributed by atoms with Crippen LogP contribution in [-0.4, -0.2) is 25.0 Å². The van der Waals surface area contributed by atoms with Crippen LogP contribution in [0.5, 0.6) is 0 Å². The molecular formula is C8H15N3O2. The highest BCUT2D eigenvalue weighted by Crippen LogP contribution is 2.15. The molecule has 1 saturated heterocycles. The van der Waals surface area contributed by atoms with Crippen molar-refractivity contribution >= 4 is 11.9 Å². The SMILES string of the molecule is CC1CNCC(C(=O)NC(N)=O)C1. The first-order chi connectivity index (χ1) is 6.09. The van der Waals surface area contributed by atoms with E-state index in [1.54, 1.807) is 0 Å². The zero-order valence-corrected chi connectivity index (χ0v) is 7.67. The number of amides is 3. The number of hydrogen-bond donors (Lipinski definition) is 3. The first kappa shape index (κ1) is 9.98. The Morgan fingerprint density at radius 1 is 1.46 bits per heavy atom. The van der Waals surface area contributed by atoms with Crippen molar-refractivity contribution < 1.29 is 9.59 Å². The Hall–Kier alpha value is -1.10. The van der Waals surface area contributed by atoms with Crippen LogP contribution in [0.25, 0.3) is 0 Å². The summed E-state index contributed by atoms with van der Waals surface area (Å²) in [4.78, 5) is 21.7. The van der Waals surface area contributed by atoms with Crippen molar-refractivity contribution in [2.45, 2.75) is 13.3 Å². The zero-order valence-electron chi connectivity index (χ0n) is 7.67. The summed E-state index contributed by atoms with van der Waals surface area (Å²) in [6.07, 6.45) is 0.812. The van der Waals surface area contributed by atoms with Crippen molar-refractivity contribution in [2.75, 3.05) is 13.1 Å². The summed E-state index contributed by atoms with van der Waals surface area (Å²) in [5, 5.41) is 5.22. The number of primary amides is 1. The van der Waals surface area contributed by atoms with E-state index in [9.17, 15) is 9.59 Å². The first-order valence-electron chi connectivity index (χ1n) is 4.40. The van der Waals surface area contributed by atoms with Crippen molar-refractivity contribution in [1.29, 1.82) is 0 Å². The molecule has 13 heavy (non-hydrogen) atoms. The van der Waals surface area contributed by atoms with Gasteiger partial charge in [-0.2, -0.15) is 0 Å². The van der Waals surface area contributed by atoms with Crippen molar-refractivity contribution in [3.8, 4) is 0 Å². The molecule has 0 spiro atoms. The first-order valence-corrected chi connectivity index (χ1v) is 4.40. The van der Waals surface area contributed by atoms with Gasteiger partial charge in [-0.05, 0) is 18.9 Å². The Morgan fingerprint density at radius 2 is 2.15 bits per heavy atom. The van der Waals surface area contributed by atoms with Gasteiger partial charge in [0.2, 0.25) is 5.91 Å². The summed E-state index contributed by atoms with van der Waals surface area (Å²) >= 11 is 0. The minimum atomic E-state index is -0.775. The summed E-state index contributed by atoms with van der Waals surface area (Å²) in [6.45, 7) is 3.63. The molecule has 1 aliphatic rings. The van der Waals surface area contributed by atoms with Crippen LogP contribution in [0.2, 0.25) is 0 Å². The topological polar surface area (TPSA) is 84.2 Å². The third-order valence-electron chi connectivity index (χ3n) is 2.19. The third kappa shape index (κ3) is 3.02. The van der Waals surface area contributed by atoms with E-state index in [2.05, 4.69) is 17.6 Å². The van der Waals surface area contributed by atoms with Crippen LogP contribution in [-0.2, 0) is 4.79 Å². The third-order valence-corrected chi connectivity index (χ3v) is 2.19. The van der Waals surface area contributed by atoms with Gasteiger partial charge in [-0.25, -0.2) is 4.79 Å². The highest BCUT2D eigenvalue weighted by atomic mass is 16.2. The predicted molar refractivity (Wildman–Crippen MR) is 47.9 cm³/mol. The quantitative estimate of drug-likeness (QED) is 0.511. The van der Waals surface area contributed by atoms with Gasteiger partial charge in [0, 0.05) is 6.54 Å². The second-order valence-electron chi connectivity index (χ2n) is 3.55. The number of carbonyl (C=O) groups excluding carboxylic acids is 2. The van der Waals surface area contributed by atoms with E-state index in [0.29, 0.717) is 12.5 Å². The maximum absolute atomic E-state index is 11.3. The van der Waals surface area contributed by atoms with E-state index < -0.39 is 6.03 Å². The maximum atomic E-state index is 11.3. The highest BCUT2D eigenvalue weighted by Gasteiger charge is 2.25. The number of imide groups is 1. The molecule has 74 valence electrons. The monoisotopic (exact) mass is 185 g/mol. The molecule has 5 heteroatoms. The molecule has 0 aromatic rings. The smallest absolute Gasteiger partial charge is 0.318 e. The fraction of sp³-hybridized carbons (Fsp3) is 0.750. The lowest BCUT2D eigenvalue weighted by molar-refractivity contribution is -0.124. The molecule has 0 aliphatic carbocycles. The van der Waals surface area contributed by atoms with E-state index in [0.717, 1.165) is 13.0 Å². The van der Waals surface area contributed by atoms with Gasteiger partial charge in [-0.15, -0.1) is 0 Å². The van der Waals surface area contributed by atoms with Gasteiger partial charge in [0.05, 0.1) is 5.92 Å². The van der Waals surface area contributed by atoms with Crippen LogP contribution in [0.3, 0.4) is 0 Å². The van der Waals surface area contributed by atoms with Crippen molar-refractivity contribution in [1.82, 2.24) is 10.6 Å². The van der Waals surface area contributed by atoms with Crippen LogP contribution in [0.1, 0.15) is 13.3 Å². The van der Waals surface area contributed by atoms with Crippen LogP contribution >= 0.6 is 0 Å². The molecule has 1 heterocycles. The van der Waals surface area contributed by atoms with Crippen molar-refractivity contribution in [3.05, 3.63) is 0 Å². The summed E-state index contributed by atoms with van der Waals surface area (Å²) in [5.41, 5.74) is 4.84. The molecule has 0 saturated carbocycles. The number of piperidine rings is 1. The van der Waals surface area contributed by atoms with E-state index in [1.807, 2.05) is 0 Å². The van der Waals surface area contributed by atoms with E-state index in [4.69, 9.17) is 5.73 Å². The van der Waals surface area contributed by atoms with Crippen LogP contribution in [0.4, 0.5) is 4.79 Å². The molecule has 0 aromatic heterocycles. The van der Waals surface area contributed by atoms with Gasteiger partial charge in [-0.1, -0.05) is 6.92 Å². The summed E-state index contributed by atoms with van der Waals surface area (Å²) in [6, 6.07) is -0.775. The molecule has 1 aliphatic heterocycles. The lowest BCUT2D eigenvalue weighted by atomic mass is 9.91. The van der Waals surface area contributed by atoms with E-state index in [-0.39, 0.29) is 11.8 Å². The number of nitrogens with one attached hydrogen (secondary N) is 2. The van der Waals surface area contributed by atoms with E-state index in [1.165, 1.54) is 0 Å². The van der Waals surface area contributed by atoms with Crippen LogP contribution in [0, 0.1) is 11.8 Å². The Morgan fingerprint density at radius 3 is 2.69 bits per heavy atom. The number of hydrogen-bond acceptors (Lipinski definition) is 3. The van der Waals surface area contributed by atoms with Crippen molar-refractivity contribution in [3.63, 3.8) is 0 Å². The largest absolute Gasteiger partial charge is 0.351 e. The number of carbonyl (C=O) groups is 2. The fourth-order valence-corrected chi connectivity index (χ4v) is 1.58. The molecule has 0 bridgehead atoms. The highest BCUT2D eigenvalue weighted by molar-refractivity contribution is 5.94. The Balaban J connectivity index is 2.41. The molecule has 1 fully saturated rings. The second-order valence-corrected chi connectivity index (χ2v) is 3.55. The van der Waals surface area contributed by atoms with Gasteiger partial charge in [0.1, 0.15) is 0 Å². The maximum Gasteiger partial charge on any atom is 0.318 e. The van der Waals surface area contributed by atoms with Gasteiger partial charge in [0.25, 0.3) is 0 Å². The fourth-order valence-electron chi connectivity index (χ4n) is 1.58. The molecule has 0 aromatic carbocycles. The van der Waals surface area contributed by atoms with Crippen LogP contribution in [0.15, 0.2) is 0 Å². The minimum Gasteiger partial charge on any atom is -0.351 e. The number of rotatable bonds is 1. The lowest BCUT2D eigenvalue weighted by Crippen LogP contribution is -2.46. The Bertz CT molecular complexity index is 217. The summed E-state index contributed by atoms with van der Waals surface area (Å²) < 4.78 is 0. The number of nitrogens with two attached hydrogens (primary N) is 1. The van der Waals surface area contributed by atoms with Crippen LogP contribution < -0.4 is 16.4 Å². The standard InChI is InChI=1S/C8H15N3O2/c1-5-2-6(4-10-3-5)7(12)11-8(9)13/h5-6,10H,2-4H2,1H3,(H3,9,11,12,13). The van der Waals surface area contributed by atoms with Gasteiger partial charge in [-0.3, -0.25) is 10.1 Å². The van der Waals surface area contributed by atoms with Gasteiger partial charge < -0.3 is 11.1 Å². The number of urea groups is 1. The molecule has 2 atom stereocenters. The molecule has 4 N–H and O–H groups in total. The van der Waals surface area contributed by atoms with Gasteiger partial charge >= 0.3 is 6.03 Å². The molecule has 3 amide bonds. The Kier molecular flexibility index (Phi) is 3.25. The van der Waals surface area contributed by atoms with E-state index >= 15 is 0 Å². The molecule has 5 nitrogen and oxygen atoms in total. The average Bonchev–Trinajstić information content (AvgIpc) is 2.03. The molecule has 0 radical (unpaired) electrons. The lowest BCUT2D eigenvalue weighted by Gasteiger charge is -2.26. The predicted octanol–water partition coefficient (Wildman–Crippen LogP) is -0.573. The molecular weight excluding hydrogens is 170 g/mol. The average molecular weight is 185 g/mol. The van der Waals surface area contributed by atoms with Gasteiger partial charge in [0.15, 0.2) is 0 Å². The molecule has 1 rings (SSSR count). The zero-order chi connectivity index (χ0) is 9.84. The van der Waals surface area contributed by atoms with Crippen molar-refractivity contribution in [2.24, 2.45) is 17.6 Å². The normalized spacial score (nSPS) is 28.1. The second kappa shape index (κ2) is 4.23. The summed E-state index contributed by atoms with van der Waals surface area (Å²) in [7, 11) is 0. The summed E-state index contributed by atoms with van der Waals surface area (Å²) in [5.74, 6) is 0.0696. The Labute approximate surface area is 77.1 Å².